The molecule has 2 aliphatic heterocycles. The fourth-order valence-corrected chi connectivity index (χ4v) is 5.61. The monoisotopic (exact) mass is 439 g/mol. The minimum Gasteiger partial charge on any atom is -0.369 e. The first-order valence-corrected chi connectivity index (χ1v) is 12.1. The van der Waals surface area contributed by atoms with Gasteiger partial charge in [-0.05, 0) is 61.7 Å². The van der Waals surface area contributed by atoms with Gasteiger partial charge in [0.2, 0.25) is 5.91 Å². The summed E-state index contributed by atoms with van der Waals surface area (Å²) in [5, 5.41) is 0. The Bertz CT molecular complexity index is 1120. The predicted octanol–water partition coefficient (Wildman–Crippen LogP) is 4.86. The first kappa shape index (κ1) is 21.7. The number of carbonyl (C=O) groups is 1. The number of benzene rings is 3. The number of para-hydroxylation sites is 1. The van der Waals surface area contributed by atoms with Crippen LogP contribution < -0.4 is 9.80 Å². The minimum absolute atomic E-state index is 0.218. The average Bonchev–Trinajstić information content (AvgIpc) is 3.11. The molecule has 1 unspecified atom stereocenters. The van der Waals surface area contributed by atoms with Crippen molar-refractivity contribution in [1.29, 1.82) is 0 Å². The SMILES string of the molecule is CCN1C(=O)C(CCN2CCN(c3cccc(C)c3)CC2)(c2ccccc2)c2ccccc21. The Morgan fingerprint density at radius 1 is 0.848 bits per heavy atom. The van der Waals surface area contributed by atoms with Crippen LogP contribution in [0.5, 0.6) is 0 Å². The summed E-state index contributed by atoms with van der Waals surface area (Å²) < 4.78 is 0. The van der Waals surface area contributed by atoms with Crippen molar-refractivity contribution in [2.24, 2.45) is 0 Å². The van der Waals surface area contributed by atoms with E-state index < -0.39 is 5.41 Å². The van der Waals surface area contributed by atoms with Gasteiger partial charge in [-0.25, -0.2) is 0 Å². The van der Waals surface area contributed by atoms with Gasteiger partial charge < -0.3 is 9.80 Å². The summed E-state index contributed by atoms with van der Waals surface area (Å²) >= 11 is 0. The van der Waals surface area contributed by atoms with Crippen LogP contribution in [-0.4, -0.2) is 50.1 Å². The smallest absolute Gasteiger partial charge is 0.242 e. The van der Waals surface area contributed by atoms with E-state index in [1.54, 1.807) is 0 Å². The van der Waals surface area contributed by atoms with Crippen LogP contribution in [0.2, 0.25) is 0 Å². The maximum absolute atomic E-state index is 14.0. The first-order chi connectivity index (χ1) is 16.1. The highest BCUT2D eigenvalue weighted by Crippen LogP contribution is 2.48. The van der Waals surface area contributed by atoms with Crippen LogP contribution in [0.15, 0.2) is 78.9 Å². The lowest BCUT2D eigenvalue weighted by molar-refractivity contribution is -0.122. The summed E-state index contributed by atoms with van der Waals surface area (Å²) in [5.41, 5.74) is 5.34. The molecule has 1 amide bonds. The summed E-state index contributed by atoms with van der Waals surface area (Å²) in [6.45, 7) is 9.91. The highest BCUT2D eigenvalue weighted by Gasteiger charge is 2.51. The molecular weight excluding hydrogens is 406 g/mol. The number of carbonyl (C=O) groups excluding carboxylic acids is 1. The molecule has 0 spiro atoms. The molecule has 0 radical (unpaired) electrons. The number of hydrogen-bond donors (Lipinski definition) is 0. The number of aryl methyl sites for hydroxylation is 1. The molecule has 1 saturated heterocycles. The maximum atomic E-state index is 14.0. The average molecular weight is 440 g/mol. The van der Waals surface area contributed by atoms with Gasteiger partial charge in [0.15, 0.2) is 0 Å². The van der Waals surface area contributed by atoms with Crippen molar-refractivity contribution >= 4 is 17.3 Å². The molecular formula is C29H33N3O. The number of hydrogen-bond acceptors (Lipinski definition) is 3. The molecule has 1 atom stereocenters. The van der Waals surface area contributed by atoms with E-state index >= 15 is 0 Å². The number of fused-ring (bicyclic) bond motifs is 1. The van der Waals surface area contributed by atoms with Crippen molar-refractivity contribution in [3.63, 3.8) is 0 Å². The third-order valence-electron chi connectivity index (χ3n) is 7.39. The number of rotatable bonds is 6. The highest BCUT2D eigenvalue weighted by atomic mass is 16.2. The van der Waals surface area contributed by atoms with Gasteiger partial charge in [0.1, 0.15) is 5.41 Å². The zero-order valence-electron chi connectivity index (χ0n) is 19.7. The molecule has 3 aromatic rings. The quantitative estimate of drug-likeness (QED) is 0.549. The molecule has 4 nitrogen and oxygen atoms in total. The van der Waals surface area contributed by atoms with Gasteiger partial charge in [-0.2, -0.15) is 0 Å². The molecule has 2 heterocycles. The normalized spacial score (nSPS) is 20.8. The van der Waals surface area contributed by atoms with Gasteiger partial charge in [-0.15, -0.1) is 0 Å². The third kappa shape index (κ3) is 3.83. The Hall–Kier alpha value is -3.11. The lowest BCUT2D eigenvalue weighted by Crippen LogP contribution is -2.49. The van der Waals surface area contributed by atoms with E-state index in [2.05, 4.69) is 90.4 Å². The number of anilines is 2. The molecule has 1 fully saturated rings. The molecule has 0 aromatic heterocycles. The summed E-state index contributed by atoms with van der Waals surface area (Å²) in [6, 6.07) is 27.6. The Labute approximate surface area is 197 Å². The van der Waals surface area contributed by atoms with Crippen LogP contribution in [0.3, 0.4) is 0 Å². The van der Waals surface area contributed by atoms with E-state index in [4.69, 9.17) is 0 Å². The maximum Gasteiger partial charge on any atom is 0.242 e. The topological polar surface area (TPSA) is 26.8 Å². The van der Waals surface area contributed by atoms with E-state index in [9.17, 15) is 4.79 Å². The number of piperazine rings is 1. The van der Waals surface area contributed by atoms with E-state index in [1.165, 1.54) is 11.3 Å². The molecule has 2 aliphatic rings. The van der Waals surface area contributed by atoms with Gasteiger partial charge in [0.25, 0.3) is 0 Å². The van der Waals surface area contributed by atoms with Crippen molar-refractivity contribution in [2.45, 2.75) is 25.7 Å². The molecule has 0 bridgehead atoms. The number of likely N-dealkylation sites (N-methyl/N-ethyl adjacent to an activating group) is 1. The lowest BCUT2D eigenvalue weighted by Gasteiger charge is -2.38. The zero-order valence-corrected chi connectivity index (χ0v) is 19.7. The van der Waals surface area contributed by atoms with Crippen LogP contribution in [0.1, 0.15) is 30.0 Å². The molecule has 33 heavy (non-hydrogen) atoms. The van der Waals surface area contributed by atoms with Gasteiger partial charge in [0.05, 0.1) is 0 Å². The Morgan fingerprint density at radius 2 is 1.58 bits per heavy atom. The molecule has 170 valence electrons. The second kappa shape index (κ2) is 9.03. The molecule has 0 N–H and O–H groups in total. The van der Waals surface area contributed by atoms with Crippen LogP contribution in [0, 0.1) is 6.92 Å². The molecule has 4 heteroatoms. The van der Waals surface area contributed by atoms with Crippen LogP contribution in [0.4, 0.5) is 11.4 Å². The Morgan fingerprint density at radius 3 is 2.30 bits per heavy atom. The van der Waals surface area contributed by atoms with E-state index in [0.29, 0.717) is 6.54 Å². The zero-order chi connectivity index (χ0) is 22.8. The number of amides is 1. The van der Waals surface area contributed by atoms with Crippen molar-refractivity contribution in [3.8, 4) is 0 Å². The fraction of sp³-hybridized carbons (Fsp3) is 0.345. The molecule has 0 aliphatic carbocycles. The number of nitrogens with zero attached hydrogens (tertiary/aromatic N) is 3. The van der Waals surface area contributed by atoms with E-state index in [-0.39, 0.29) is 5.91 Å². The third-order valence-corrected chi connectivity index (χ3v) is 7.39. The molecule has 5 rings (SSSR count). The molecule has 0 saturated carbocycles. The van der Waals surface area contributed by atoms with Gasteiger partial charge in [-0.3, -0.25) is 9.69 Å². The predicted molar refractivity (Wildman–Crippen MR) is 136 cm³/mol. The Balaban J connectivity index is 1.38. The first-order valence-electron chi connectivity index (χ1n) is 12.1. The van der Waals surface area contributed by atoms with Crippen molar-refractivity contribution in [1.82, 2.24) is 4.90 Å². The second-order valence-corrected chi connectivity index (χ2v) is 9.26. The van der Waals surface area contributed by atoms with Crippen molar-refractivity contribution in [2.75, 3.05) is 49.1 Å². The lowest BCUT2D eigenvalue weighted by atomic mass is 9.72. The van der Waals surface area contributed by atoms with E-state index in [0.717, 1.165) is 56.0 Å². The second-order valence-electron chi connectivity index (χ2n) is 9.26. The Kier molecular flexibility index (Phi) is 5.94. The van der Waals surface area contributed by atoms with Crippen LogP contribution in [-0.2, 0) is 10.2 Å². The fourth-order valence-electron chi connectivity index (χ4n) is 5.61. The van der Waals surface area contributed by atoms with Gasteiger partial charge in [0, 0.05) is 44.1 Å². The largest absolute Gasteiger partial charge is 0.369 e. The molecule has 3 aromatic carbocycles. The van der Waals surface area contributed by atoms with Crippen molar-refractivity contribution < 1.29 is 4.79 Å². The summed E-state index contributed by atoms with van der Waals surface area (Å²) in [6.07, 6.45) is 0.799. The van der Waals surface area contributed by atoms with Crippen molar-refractivity contribution in [3.05, 3.63) is 95.6 Å². The summed E-state index contributed by atoms with van der Waals surface area (Å²) in [5.74, 6) is 0.218. The van der Waals surface area contributed by atoms with E-state index in [1.807, 2.05) is 17.0 Å². The highest BCUT2D eigenvalue weighted by molar-refractivity contribution is 6.10. The van der Waals surface area contributed by atoms with Gasteiger partial charge >= 0.3 is 0 Å². The van der Waals surface area contributed by atoms with Crippen LogP contribution >= 0.6 is 0 Å². The van der Waals surface area contributed by atoms with Gasteiger partial charge in [-0.1, -0.05) is 60.7 Å². The standard InChI is InChI=1S/C29H33N3O/c1-3-32-27-15-8-7-14-26(27)29(28(32)33,24-11-5-4-6-12-24)16-17-30-18-20-31(21-19-30)25-13-9-10-23(2)22-25/h4-15,22H,3,16-21H2,1-2H3. The van der Waals surface area contributed by atoms with Crippen LogP contribution in [0.25, 0.3) is 0 Å². The minimum atomic E-state index is -0.610. The summed E-state index contributed by atoms with van der Waals surface area (Å²) in [4.78, 5) is 20.9. The summed E-state index contributed by atoms with van der Waals surface area (Å²) in [7, 11) is 0.